The molecule has 0 bridgehead atoms. The summed E-state index contributed by atoms with van der Waals surface area (Å²) in [6.07, 6.45) is 7.68. The van der Waals surface area contributed by atoms with Crippen molar-refractivity contribution in [3.05, 3.63) is 69.9 Å². The number of rotatable bonds is 5. The van der Waals surface area contributed by atoms with E-state index in [4.69, 9.17) is 16.3 Å². The van der Waals surface area contributed by atoms with E-state index >= 15 is 0 Å². The molecule has 1 aliphatic carbocycles. The Labute approximate surface area is 162 Å². The largest absolute Gasteiger partial charge is 0.489 e. The first-order valence-electron chi connectivity index (χ1n) is 9.30. The summed E-state index contributed by atoms with van der Waals surface area (Å²) >= 11 is 6.34. The van der Waals surface area contributed by atoms with Gasteiger partial charge in [0.1, 0.15) is 5.75 Å². The van der Waals surface area contributed by atoms with E-state index in [9.17, 15) is 4.79 Å². The SMILES string of the molecule is O=c1[nH]ccc2cc(O[C@H]3CC[C@@H](NCc4ccccn4)CC3)c(Cl)cc12. The highest BCUT2D eigenvalue weighted by atomic mass is 35.5. The smallest absolute Gasteiger partial charge is 0.255 e. The molecule has 0 radical (unpaired) electrons. The number of nitrogens with zero attached hydrogens (tertiary/aromatic N) is 1. The molecular formula is C21H22ClN3O2. The van der Waals surface area contributed by atoms with E-state index < -0.39 is 0 Å². The number of ether oxygens (including phenoxy) is 1. The van der Waals surface area contributed by atoms with Crippen LogP contribution in [0.4, 0.5) is 0 Å². The third-order valence-electron chi connectivity index (χ3n) is 5.09. The second-order valence-corrected chi connectivity index (χ2v) is 7.38. The molecule has 0 amide bonds. The number of hydrogen-bond acceptors (Lipinski definition) is 4. The van der Waals surface area contributed by atoms with Gasteiger partial charge in [-0.3, -0.25) is 9.78 Å². The van der Waals surface area contributed by atoms with Crippen LogP contribution < -0.4 is 15.6 Å². The molecule has 27 heavy (non-hydrogen) atoms. The molecule has 0 atom stereocenters. The van der Waals surface area contributed by atoms with Crippen molar-refractivity contribution in [3.8, 4) is 5.75 Å². The van der Waals surface area contributed by atoms with Gasteiger partial charge in [0.25, 0.3) is 5.56 Å². The van der Waals surface area contributed by atoms with Crippen molar-refractivity contribution in [3.63, 3.8) is 0 Å². The number of H-pyrrole nitrogens is 1. The normalized spacial score (nSPS) is 19.9. The third-order valence-corrected chi connectivity index (χ3v) is 5.39. The lowest BCUT2D eigenvalue weighted by atomic mass is 9.93. The van der Waals surface area contributed by atoms with Gasteiger partial charge in [-0.25, -0.2) is 0 Å². The van der Waals surface area contributed by atoms with E-state index in [-0.39, 0.29) is 11.7 Å². The lowest BCUT2D eigenvalue weighted by molar-refractivity contribution is 0.139. The molecule has 0 unspecified atom stereocenters. The Balaban J connectivity index is 1.34. The van der Waals surface area contributed by atoms with Gasteiger partial charge in [0, 0.05) is 30.4 Å². The van der Waals surface area contributed by atoms with Crippen molar-refractivity contribution >= 4 is 22.4 Å². The monoisotopic (exact) mass is 383 g/mol. The van der Waals surface area contributed by atoms with Crippen molar-refractivity contribution < 1.29 is 4.74 Å². The van der Waals surface area contributed by atoms with Gasteiger partial charge in [-0.05, 0) is 61.4 Å². The minimum atomic E-state index is -0.138. The Morgan fingerprint density at radius 3 is 2.81 bits per heavy atom. The second-order valence-electron chi connectivity index (χ2n) is 6.97. The highest BCUT2D eigenvalue weighted by Crippen LogP contribution is 2.32. The molecular weight excluding hydrogens is 362 g/mol. The maximum atomic E-state index is 11.9. The number of halogens is 1. The summed E-state index contributed by atoms with van der Waals surface area (Å²) in [4.78, 5) is 18.9. The van der Waals surface area contributed by atoms with Crippen LogP contribution in [0, 0.1) is 0 Å². The molecule has 1 saturated carbocycles. The average Bonchev–Trinajstić information content (AvgIpc) is 2.70. The average molecular weight is 384 g/mol. The fourth-order valence-corrected chi connectivity index (χ4v) is 3.80. The molecule has 0 aliphatic heterocycles. The second kappa shape index (κ2) is 8.11. The maximum Gasteiger partial charge on any atom is 0.255 e. The van der Waals surface area contributed by atoms with Gasteiger partial charge in [-0.1, -0.05) is 17.7 Å². The van der Waals surface area contributed by atoms with Gasteiger partial charge in [0.05, 0.1) is 16.8 Å². The van der Waals surface area contributed by atoms with Crippen molar-refractivity contribution in [2.45, 2.75) is 44.4 Å². The molecule has 1 aliphatic rings. The molecule has 6 heteroatoms. The number of nitrogens with one attached hydrogen (secondary N) is 2. The van der Waals surface area contributed by atoms with E-state index in [1.165, 1.54) is 0 Å². The van der Waals surface area contributed by atoms with Gasteiger partial charge in [-0.15, -0.1) is 0 Å². The van der Waals surface area contributed by atoms with Crippen molar-refractivity contribution in [1.82, 2.24) is 15.3 Å². The zero-order valence-corrected chi connectivity index (χ0v) is 15.7. The van der Waals surface area contributed by atoms with Crippen molar-refractivity contribution in [1.29, 1.82) is 0 Å². The molecule has 2 aromatic heterocycles. The first-order chi connectivity index (χ1) is 13.2. The Morgan fingerprint density at radius 2 is 2.04 bits per heavy atom. The van der Waals surface area contributed by atoms with E-state index in [2.05, 4.69) is 15.3 Å². The number of pyridine rings is 2. The van der Waals surface area contributed by atoms with Gasteiger partial charge in [0.2, 0.25) is 0 Å². The topological polar surface area (TPSA) is 67.0 Å². The fourth-order valence-electron chi connectivity index (χ4n) is 3.59. The summed E-state index contributed by atoms with van der Waals surface area (Å²) in [7, 11) is 0. The first kappa shape index (κ1) is 18.0. The minimum Gasteiger partial charge on any atom is -0.489 e. The summed E-state index contributed by atoms with van der Waals surface area (Å²) in [6.45, 7) is 0.794. The van der Waals surface area contributed by atoms with Gasteiger partial charge >= 0.3 is 0 Å². The highest BCUT2D eigenvalue weighted by molar-refractivity contribution is 6.32. The predicted octanol–water partition coefficient (Wildman–Crippen LogP) is 4.06. The van der Waals surface area contributed by atoms with Gasteiger partial charge in [0.15, 0.2) is 0 Å². The van der Waals surface area contributed by atoms with Crippen LogP contribution in [-0.2, 0) is 6.54 Å². The van der Waals surface area contributed by atoms with E-state index in [0.29, 0.717) is 22.2 Å². The summed E-state index contributed by atoms with van der Waals surface area (Å²) in [5, 5.41) is 5.48. The molecule has 5 nitrogen and oxygen atoms in total. The summed E-state index contributed by atoms with van der Waals surface area (Å²) < 4.78 is 6.16. The summed E-state index contributed by atoms with van der Waals surface area (Å²) in [5.74, 6) is 0.652. The fraction of sp³-hybridized carbons (Fsp3) is 0.333. The number of aromatic amines is 1. The van der Waals surface area contributed by atoms with Crippen LogP contribution in [0.25, 0.3) is 10.8 Å². The maximum absolute atomic E-state index is 11.9. The van der Waals surface area contributed by atoms with Crippen LogP contribution >= 0.6 is 11.6 Å². The van der Waals surface area contributed by atoms with E-state index in [1.807, 2.05) is 36.5 Å². The van der Waals surface area contributed by atoms with Crippen molar-refractivity contribution in [2.75, 3.05) is 0 Å². The summed E-state index contributed by atoms with van der Waals surface area (Å²) in [6, 6.07) is 11.9. The first-order valence-corrected chi connectivity index (χ1v) is 9.68. The van der Waals surface area contributed by atoms with Crippen LogP contribution in [0.15, 0.2) is 53.6 Å². The number of benzene rings is 1. The molecule has 1 aromatic carbocycles. The van der Waals surface area contributed by atoms with E-state index in [1.54, 1.807) is 12.3 Å². The quantitative estimate of drug-likeness (QED) is 0.697. The molecule has 0 spiro atoms. The third kappa shape index (κ3) is 4.31. The minimum absolute atomic E-state index is 0.138. The van der Waals surface area contributed by atoms with Crippen LogP contribution in [0.2, 0.25) is 5.02 Å². The number of hydrogen-bond donors (Lipinski definition) is 2. The van der Waals surface area contributed by atoms with Crippen LogP contribution in [-0.4, -0.2) is 22.1 Å². The van der Waals surface area contributed by atoms with Crippen molar-refractivity contribution in [2.24, 2.45) is 0 Å². The molecule has 4 rings (SSSR count). The van der Waals surface area contributed by atoms with Gasteiger partial charge < -0.3 is 15.0 Å². The summed E-state index contributed by atoms with van der Waals surface area (Å²) in [5.41, 5.74) is 0.925. The molecule has 1 fully saturated rings. The molecule has 2 N–H and O–H groups in total. The highest BCUT2D eigenvalue weighted by Gasteiger charge is 2.23. The van der Waals surface area contributed by atoms with E-state index in [0.717, 1.165) is 43.3 Å². The lowest BCUT2D eigenvalue weighted by Gasteiger charge is -2.30. The predicted molar refractivity (Wildman–Crippen MR) is 107 cm³/mol. The standard InChI is InChI=1S/C21H22ClN3O2/c22-19-12-18-14(8-10-24-21(18)26)11-20(19)27-17-6-4-15(5-7-17)25-13-16-3-1-2-9-23-16/h1-3,8-12,15,17,25H,4-7,13H2,(H,24,26)/t15-,17+. The molecule has 0 saturated heterocycles. The molecule has 2 heterocycles. The molecule has 3 aromatic rings. The number of aromatic nitrogens is 2. The van der Waals surface area contributed by atoms with Crippen LogP contribution in [0.1, 0.15) is 31.4 Å². The Hall–Kier alpha value is -2.37. The van der Waals surface area contributed by atoms with Gasteiger partial charge in [-0.2, -0.15) is 0 Å². The zero-order valence-electron chi connectivity index (χ0n) is 15.0. The Bertz CT molecular complexity index is 966. The zero-order chi connectivity index (χ0) is 18.6. The van der Waals surface area contributed by atoms with Crippen LogP contribution in [0.5, 0.6) is 5.75 Å². The lowest BCUT2D eigenvalue weighted by Crippen LogP contribution is -2.36. The number of fused-ring (bicyclic) bond motifs is 1. The van der Waals surface area contributed by atoms with Crippen LogP contribution in [0.3, 0.4) is 0 Å². The Morgan fingerprint density at radius 1 is 1.19 bits per heavy atom. The Kier molecular flexibility index (Phi) is 5.41. The molecule has 140 valence electrons.